The standard InChI is InChI=1S/C11H19NO3/c1-2-15-11(13)3-8-6-14-7-9-4-12-5-10(8)9/h8-10,12H,2-7H2,1H3/t8?,9-,10+/m1/s1. The largest absolute Gasteiger partial charge is 0.466 e. The third-order valence-corrected chi connectivity index (χ3v) is 3.40. The fourth-order valence-electron chi connectivity index (χ4n) is 2.63. The van der Waals surface area contributed by atoms with Crippen molar-refractivity contribution in [3.8, 4) is 0 Å². The van der Waals surface area contributed by atoms with Crippen LogP contribution in [0.15, 0.2) is 0 Å². The lowest BCUT2D eigenvalue weighted by molar-refractivity contribution is -0.146. The third kappa shape index (κ3) is 2.49. The molecular weight excluding hydrogens is 194 g/mol. The second-order valence-electron chi connectivity index (χ2n) is 4.39. The smallest absolute Gasteiger partial charge is 0.306 e. The van der Waals surface area contributed by atoms with Gasteiger partial charge in [-0.1, -0.05) is 0 Å². The van der Waals surface area contributed by atoms with Crippen LogP contribution < -0.4 is 5.32 Å². The van der Waals surface area contributed by atoms with Gasteiger partial charge in [-0.05, 0) is 31.2 Å². The predicted molar refractivity (Wildman–Crippen MR) is 55.4 cm³/mol. The maximum atomic E-state index is 11.4. The van der Waals surface area contributed by atoms with Gasteiger partial charge >= 0.3 is 5.97 Å². The van der Waals surface area contributed by atoms with Gasteiger partial charge in [0.05, 0.1) is 26.2 Å². The zero-order valence-electron chi connectivity index (χ0n) is 9.20. The molecule has 4 nitrogen and oxygen atoms in total. The highest BCUT2D eigenvalue weighted by molar-refractivity contribution is 5.69. The number of carbonyl (C=O) groups is 1. The van der Waals surface area contributed by atoms with E-state index in [0.717, 1.165) is 19.7 Å². The van der Waals surface area contributed by atoms with Gasteiger partial charge in [0.1, 0.15) is 0 Å². The van der Waals surface area contributed by atoms with E-state index in [1.165, 1.54) is 0 Å². The summed E-state index contributed by atoms with van der Waals surface area (Å²) in [6, 6.07) is 0. The summed E-state index contributed by atoms with van der Waals surface area (Å²) in [4.78, 5) is 11.4. The van der Waals surface area contributed by atoms with E-state index < -0.39 is 0 Å². The van der Waals surface area contributed by atoms with Crippen LogP contribution in [0.5, 0.6) is 0 Å². The Bertz CT molecular complexity index is 232. The van der Waals surface area contributed by atoms with E-state index in [-0.39, 0.29) is 5.97 Å². The summed E-state index contributed by atoms with van der Waals surface area (Å²) in [7, 11) is 0. The highest BCUT2D eigenvalue weighted by Gasteiger charge is 2.38. The summed E-state index contributed by atoms with van der Waals surface area (Å²) < 4.78 is 10.5. The van der Waals surface area contributed by atoms with Crippen molar-refractivity contribution in [1.29, 1.82) is 0 Å². The summed E-state index contributed by atoms with van der Waals surface area (Å²) >= 11 is 0. The van der Waals surface area contributed by atoms with Crippen molar-refractivity contribution in [2.45, 2.75) is 13.3 Å². The number of ether oxygens (including phenoxy) is 2. The van der Waals surface area contributed by atoms with E-state index in [1.807, 2.05) is 6.92 Å². The van der Waals surface area contributed by atoms with Crippen molar-refractivity contribution in [3.63, 3.8) is 0 Å². The molecule has 0 aliphatic carbocycles. The van der Waals surface area contributed by atoms with Gasteiger partial charge < -0.3 is 14.8 Å². The van der Waals surface area contributed by atoms with E-state index in [1.54, 1.807) is 0 Å². The number of rotatable bonds is 3. The molecule has 4 heteroatoms. The lowest BCUT2D eigenvalue weighted by Gasteiger charge is -2.32. The molecule has 0 spiro atoms. The summed E-state index contributed by atoms with van der Waals surface area (Å²) in [5.74, 6) is 1.46. The molecule has 2 heterocycles. The van der Waals surface area contributed by atoms with Gasteiger partial charge in [0.15, 0.2) is 0 Å². The Hall–Kier alpha value is -0.610. The van der Waals surface area contributed by atoms with Crippen LogP contribution in [0, 0.1) is 17.8 Å². The number of hydrogen-bond donors (Lipinski definition) is 1. The van der Waals surface area contributed by atoms with Crippen LogP contribution in [-0.4, -0.2) is 38.9 Å². The SMILES string of the molecule is CCOC(=O)CC1COC[C@H]2CNC[C@@H]12. The fraction of sp³-hybridized carbons (Fsp3) is 0.909. The molecule has 2 rings (SSSR count). The highest BCUT2D eigenvalue weighted by atomic mass is 16.5. The molecule has 15 heavy (non-hydrogen) atoms. The van der Waals surface area contributed by atoms with Crippen molar-refractivity contribution >= 4 is 5.97 Å². The molecular formula is C11H19NO3. The van der Waals surface area contributed by atoms with Crippen LogP contribution in [0.2, 0.25) is 0 Å². The van der Waals surface area contributed by atoms with Gasteiger partial charge in [0.25, 0.3) is 0 Å². The number of nitrogens with one attached hydrogen (secondary N) is 1. The van der Waals surface area contributed by atoms with Gasteiger partial charge in [-0.2, -0.15) is 0 Å². The Balaban J connectivity index is 1.87. The maximum absolute atomic E-state index is 11.4. The minimum atomic E-state index is -0.0846. The van der Waals surface area contributed by atoms with Gasteiger partial charge in [0, 0.05) is 6.54 Å². The number of hydrogen-bond acceptors (Lipinski definition) is 4. The molecule has 1 N–H and O–H groups in total. The first kappa shape index (κ1) is 10.9. The summed E-state index contributed by atoms with van der Waals surface area (Å²) in [5, 5.41) is 3.37. The minimum absolute atomic E-state index is 0.0846. The molecule has 2 saturated heterocycles. The Morgan fingerprint density at radius 3 is 3.13 bits per heavy atom. The molecule has 0 saturated carbocycles. The molecule has 2 aliphatic rings. The number of carbonyl (C=O) groups excluding carboxylic acids is 1. The van der Waals surface area contributed by atoms with Gasteiger partial charge in [-0.3, -0.25) is 4.79 Å². The molecule has 0 aromatic heterocycles. The lowest BCUT2D eigenvalue weighted by atomic mass is 9.81. The average molecular weight is 213 g/mol. The predicted octanol–water partition coefficient (Wildman–Crippen LogP) is 0.422. The summed E-state index contributed by atoms with van der Waals surface area (Å²) in [6.07, 6.45) is 0.511. The van der Waals surface area contributed by atoms with Crippen molar-refractivity contribution in [3.05, 3.63) is 0 Å². The van der Waals surface area contributed by atoms with Crippen LogP contribution in [0.4, 0.5) is 0 Å². The van der Waals surface area contributed by atoms with E-state index in [9.17, 15) is 4.79 Å². The average Bonchev–Trinajstić information content (AvgIpc) is 2.67. The molecule has 0 bridgehead atoms. The lowest BCUT2D eigenvalue weighted by Crippen LogP contribution is -2.36. The summed E-state index contributed by atoms with van der Waals surface area (Å²) in [5.41, 5.74) is 0. The minimum Gasteiger partial charge on any atom is -0.466 e. The van der Waals surface area contributed by atoms with Crippen LogP contribution in [-0.2, 0) is 14.3 Å². The second kappa shape index (κ2) is 4.94. The van der Waals surface area contributed by atoms with Crippen LogP contribution >= 0.6 is 0 Å². The zero-order chi connectivity index (χ0) is 10.7. The molecule has 1 unspecified atom stereocenters. The van der Waals surface area contributed by atoms with Gasteiger partial charge in [0.2, 0.25) is 0 Å². The molecule has 3 atom stereocenters. The monoisotopic (exact) mass is 213 g/mol. The number of fused-ring (bicyclic) bond motifs is 1. The van der Waals surface area contributed by atoms with E-state index >= 15 is 0 Å². The summed E-state index contributed by atoms with van der Waals surface area (Å²) in [6.45, 7) is 5.93. The Morgan fingerprint density at radius 1 is 1.47 bits per heavy atom. The molecule has 2 aliphatic heterocycles. The second-order valence-corrected chi connectivity index (χ2v) is 4.39. The first-order chi connectivity index (χ1) is 7.31. The zero-order valence-corrected chi connectivity index (χ0v) is 9.20. The quantitative estimate of drug-likeness (QED) is 0.690. The van der Waals surface area contributed by atoms with Crippen LogP contribution in [0.25, 0.3) is 0 Å². The van der Waals surface area contributed by atoms with Crippen LogP contribution in [0.3, 0.4) is 0 Å². The topological polar surface area (TPSA) is 47.6 Å². The van der Waals surface area contributed by atoms with Gasteiger partial charge in [-0.25, -0.2) is 0 Å². The molecule has 86 valence electrons. The van der Waals surface area contributed by atoms with Crippen LogP contribution in [0.1, 0.15) is 13.3 Å². The van der Waals surface area contributed by atoms with E-state index in [2.05, 4.69) is 5.32 Å². The van der Waals surface area contributed by atoms with Crippen molar-refractivity contribution in [1.82, 2.24) is 5.32 Å². The van der Waals surface area contributed by atoms with Gasteiger partial charge in [-0.15, -0.1) is 0 Å². The van der Waals surface area contributed by atoms with Crippen molar-refractivity contribution in [2.75, 3.05) is 32.9 Å². The first-order valence-corrected chi connectivity index (χ1v) is 5.75. The highest BCUT2D eigenvalue weighted by Crippen LogP contribution is 2.32. The Labute approximate surface area is 90.3 Å². The van der Waals surface area contributed by atoms with E-state index in [0.29, 0.717) is 37.4 Å². The molecule has 0 aromatic rings. The molecule has 0 aromatic carbocycles. The first-order valence-electron chi connectivity index (χ1n) is 5.75. The van der Waals surface area contributed by atoms with Crippen molar-refractivity contribution < 1.29 is 14.3 Å². The molecule has 0 amide bonds. The third-order valence-electron chi connectivity index (χ3n) is 3.40. The Morgan fingerprint density at radius 2 is 2.33 bits per heavy atom. The molecule has 0 radical (unpaired) electrons. The maximum Gasteiger partial charge on any atom is 0.306 e. The Kier molecular flexibility index (Phi) is 3.59. The van der Waals surface area contributed by atoms with E-state index in [4.69, 9.17) is 9.47 Å². The number of esters is 1. The normalized spacial score (nSPS) is 34.9. The fourth-order valence-corrected chi connectivity index (χ4v) is 2.63. The van der Waals surface area contributed by atoms with Crippen molar-refractivity contribution in [2.24, 2.45) is 17.8 Å². The molecule has 2 fully saturated rings.